The Morgan fingerprint density at radius 1 is 1.27 bits per heavy atom. The first kappa shape index (κ1) is 9.26. The van der Waals surface area contributed by atoms with E-state index in [0.29, 0.717) is 11.5 Å². The normalized spacial score (nSPS) is 9.87. The maximum absolute atomic E-state index is 11.5. The van der Waals surface area contributed by atoms with Gasteiger partial charge in [0.25, 0.3) is 5.56 Å². The molecule has 0 unspecified atom stereocenters. The second-order valence-electron chi connectivity index (χ2n) is 2.91. The molecule has 1 heterocycles. The van der Waals surface area contributed by atoms with E-state index in [1.807, 2.05) is 18.2 Å². The summed E-state index contributed by atoms with van der Waals surface area (Å²) in [5.74, 6) is 0.318. The van der Waals surface area contributed by atoms with Gasteiger partial charge in [0, 0.05) is 6.07 Å². The molecule has 1 aromatic heterocycles. The van der Waals surface area contributed by atoms with Gasteiger partial charge in [-0.05, 0) is 12.1 Å². The van der Waals surface area contributed by atoms with Gasteiger partial charge in [-0.1, -0.05) is 18.2 Å². The van der Waals surface area contributed by atoms with Crippen molar-refractivity contribution in [1.82, 2.24) is 9.78 Å². The minimum Gasteiger partial charge on any atom is -0.303 e. The first-order chi connectivity index (χ1) is 7.31. The van der Waals surface area contributed by atoms with Gasteiger partial charge in [-0.2, -0.15) is 0 Å². The highest BCUT2D eigenvalue weighted by molar-refractivity contribution is 5.69. The Morgan fingerprint density at radius 2 is 2.00 bits per heavy atom. The average molecular weight is 202 g/mol. The van der Waals surface area contributed by atoms with Crippen molar-refractivity contribution in [2.75, 3.05) is 5.32 Å². The molecule has 0 aliphatic carbocycles. The molecular formula is C10H8N3O2. The zero-order chi connectivity index (χ0) is 10.7. The van der Waals surface area contributed by atoms with Crippen molar-refractivity contribution in [2.45, 2.75) is 0 Å². The average Bonchev–Trinajstić information content (AvgIpc) is 2.61. The number of rotatable bonds is 3. The number of para-hydroxylation sites is 1. The summed E-state index contributed by atoms with van der Waals surface area (Å²) < 4.78 is 1.33. The Labute approximate surface area is 85.3 Å². The van der Waals surface area contributed by atoms with Gasteiger partial charge in [-0.15, -0.1) is 0 Å². The Hall–Kier alpha value is -2.30. The van der Waals surface area contributed by atoms with Crippen LogP contribution >= 0.6 is 0 Å². The molecule has 2 rings (SSSR count). The quantitative estimate of drug-likeness (QED) is 0.717. The van der Waals surface area contributed by atoms with Crippen molar-refractivity contribution < 1.29 is 4.79 Å². The molecule has 0 spiro atoms. The number of benzene rings is 1. The first-order valence-corrected chi connectivity index (χ1v) is 4.32. The maximum atomic E-state index is 11.5. The number of carbonyl (C=O) groups excluding carboxylic acids is 1. The maximum Gasteiger partial charge on any atom is 0.315 e. The summed E-state index contributed by atoms with van der Waals surface area (Å²) in [5, 5.41) is 4.99. The van der Waals surface area contributed by atoms with E-state index in [0.717, 1.165) is 0 Å². The van der Waals surface area contributed by atoms with Crippen LogP contribution in [0.5, 0.6) is 0 Å². The number of hydrogen-bond donors (Lipinski definition) is 2. The summed E-state index contributed by atoms with van der Waals surface area (Å²) in [5.41, 5.74) is 0.473. The Kier molecular flexibility index (Phi) is 2.37. The van der Waals surface area contributed by atoms with Crippen LogP contribution in [0, 0.1) is 0 Å². The summed E-state index contributed by atoms with van der Waals surface area (Å²) in [6, 6.07) is 10.4. The van der Waals surface area contributed by atoms with Crippen LogP contribution in [-0.2, 0) is 4.79 Å². The van der Waals surface area contributed by atoms with Gasteiger partial charge < -0.3 is 5.32 Å². The fraction of sp³-hybridized carbons (Fsp3) is 0. The number of amides is 1. The molecule has 5 heteroatoms. The molecular weight excluding hydrogens is 194 g/mol. The summed E-state index contributed by atoms with van der Waals surface area (Å²) in [6.45, 7) is 0. The third-order valence-electron chi connectivity index (χ3n) is 1.92. The standard InChI is InChI=1S/C10H8N3O2/c14-7-11-9-6-10(15)13(12-9)8-4-2-1-3-5-8/h1-6,12H,(H,11,14). The number of nitrogens with zero attached hydrogens (tertiary/aromatic N) is 1. The highest BCUT2D eigenvalue weighted by atomic mass is 16.1. The number of H-pyrrole nitrogens is 1. The molecule has 1 amide bonds. The zero-order valence-corrected chi connectivity index (χ0v) is 7.73. The van der Waals surface area contributed by atoms with Crippen molar-refractivity contribution >= 4 is 12.2 Å². The van der Waals surface area contributed by atoms with Crippen LogP contribution in [0.2, 0.25) is 0 Å². The van der Waals surface area contributed by atoms with Gasteiger partial charge in [0.05, 0.1) is 5.69 Å². The molecule has 1 radical (unpaired) electrons. The van der Waals surface area contributed by atoms with E-state index >= 15 is 0 Å². The number of nitrogens with one attached hydrogen (secondary N) is 2. The summed E-state index contributed by atoms with van der Waals surface area (Å²) in [4.78, 5) is 21.5. The fourth-order valence-electron chi connectivity index (χ4n) is 1.28. The van der Waals surface area contributed by atoms with Crippen molar-refractivity contribution in [3.05, 3.63) is 46.8 Å². The van der Waals surface area contributed by atoms with Crippen molar-refractivity contribution in [1.29, 1.82) is 0 Å². The predicted molar refractivity (Wildman–Crippen MR) is 55.7 cm³/mol. The number of anilines is 1. The van der Waals surface area contributed by atoms with E-state index < -0.39 is 0 Å². The molecule has 2 aromatic rings. The van der Waals surface area contributed by atoms with Crippen LogP contribution in [0.15, 0.2) is 41.2 Å². The van der Waals surface area contributed by atoms with Gasteiger partial charge >= 0.3 is 6.41 Å². The lowest BCUT2D eigenvalue weighted by molar-refractivity contribution is 0.560. The van der Waals surface area contributed by atoms with Crippen LogP contribution < -0.4 is 10.9 Å². The molecule has 0 saturated heterocycles. The summed E-state index contributed by atoms with van der Waals surface area (Å²) in [7, 11) is 0. The third-order valence-corrected chi connectivity index (χ3v) is 1.92. The molecule has 0 saturated carbocycles. The monoisotopic (exact) mass is 202 g/mol. The van der Waals surface area contributed by atoms with E-state index in [2.05, 4.69) is 10.4 Å². The summed E-state index contributed by atoms with van der Waals surface area (Å²) >= 11 is 0. The Balaban J connectivity index is 2.45. The van der Waals surface area contributed by atoms with Gasteiger partial charge in [0.2, 0.25) is 0 Å². The van der Waals surface area contributed by atoms with E-state index in [4.69, 9.17) is 0 Å². The molecule has 0 atom stereocenters. The highest BCUT2D eigenvalue weighted by Gasteiger charge is 2.03. The second-order valence-corrected chi connectivity index (χ2v) is 2.91. The van der Waals surface area contributed by atoms with E-state index in [9.17, 15) is 9.59 Å². The van der Waals surface area contributed by atoms with Gasteiger partial charge in [-0.25, -0.2) is 4.68 Å². The van der Waals surface area contributed by atoms with E-state index in [1.165, 1.54) is 17.2 Å². The third kappa shape index (κ3) is 1.80. The lowest BCUT2D eigenvalue weighted by Crippen LogP contribution is -2.12. The molecule has 0 fully saturated rings. The van der Waals surface area contributed by atoms with Gasteiger partial charge in [0.15, 0.2) is 0 Å². The highest BCUT2D eigenvalue weighted by Crippen LogP contribution is 2.04. The lowest BCUT2D eigenvalue weighted by Gasteiger charge is -1.99. The minimum absolute atomic E-state index is 0.237. The largest absolute Gasteiger partial charge is 0.315 e. The first-order valence-electron chi connectivity index (χ1n) is 4.32. The Bertz CT molecular complexity index is 513. The van der Waals surface area contributed by atoms with Crippen LogP contribution in [-0.4, -0.2) is 16.2 Å². The molecule has 0 aliphatic rings. The molecule has 2 N–H and O–H groups in total. The second kappa shape index (κ2) is 3.83. The molecule has 0 aliphatic heterocycles. The fourth-order valence-corrected chi connectivity index (χ4v) is 1.28. The van der Waals surface area contributed by atoms with E-state index in [-0.39, 0.29) is 5.56 Å². The van der Waals surface area contributed by atoms with Crippen LogP contribution in [0.4, 0.5) is 5.82 Å². The van der Waals surface area contributed by atoms with E-state index in [1.54, 1.807) is 12.1 Å². The topological polar surface area (TPSA) is 66.9 Å². The van der Waals surface area contributed by atoms with Gasteiger partial charge in [-0.3, -0.25) is 14.7 Å². The predicted octanol–water partition coefficient (Wildman–Crippen LogP) is 0.645. The smallest absolute Gasteiger partial charge is 0.303 e. The van der Waals surface area contributed by atoms with Gasteiger partial charge in [0.1, 0.15) is 5.82 Å². The lowest BCUT2D eigenvalue weighted by atomic mass is 10.3. The van der Waals surface area contributed by atoms with Crippen LogP contribution in [0.1, 0.15) is 0 Å². The number of aromatic nitrogens is 2. The zero-order valence-electron chi connectivity index (χ0n) is 7.73. The minimum atomic E-state index is -0.237. The molecule has 5 nitrogen and oxygen atoms in total. The number of hydrogen-bond acceptors (Lipinski definition) is 2. The molecule has 1 aromatic carbocycles. The number of aromatic amines is 1. The van der Waals surface area contributed by atoms with Crippen LogP contribution in [0.25, 0.3) is 5.69 Å². The Morgan fingerprint density at radius 3 is 2.67 bits per heavy atom. The van der Waals surface area contributed by atoms with Crippen LogP contribution in [0.3, 0.4) is 0 Å². The molecule has 0 bridgehead atoms. The SMILES string of the molecule is O=[C]Nc1cc(=O)n(-c2ccccc2)[nH]1. The van der Waals surface area contributed by atoms with Crippen molar-refractivity contribution in [2.24, 2.45) is 0 Å². The molecule has 15 heavy (non-hydrogen) atoms. The van der Waals surface area contributed by atoms with Crippen molar-refractivity contribution in [3.8, 4) is 5.69 Å². The molecule has 75 valence electrons. The van der Waals surface area contributed by atoms with Crippen molar-refractivity contribution in [3.63, 3.8) is 0 Å². The summed E-state index contributed by atoms with van der Waals surface area (Å²) in [6.07, 6.45) is 1.49.